The molecular weight excluding hydrogens is 504 g/mol. The van der Waals surface area contributed by atoms with Crippen LogP contribution in [-0.2, 0) is 28.7 Å². The number of carbonyl (C=O) groups excluding carboxylic acids is 5. The number of hydrogen-bond acceptors (Lipinski definition) is 8. The maximum atomic E-state index is 13.2. The topological polar surface area (TPSA) is 143 Å². The van der Waals surface area contributed by atoms with E-state index >= 15 is 0 Å². The summed E-state index contributed by atoms with van der Waals surface area (Å²) in [6, 6.07) is -2.86. The first-order valence-corrected chi connectivity index (χ1v) is 14.5. The van der Waals surface area contributed by atoms with Crippen LogP contribution in [0.3, 0.4) is 0 Å². The van der Waals surface area contributed by atoms with Crippen LogP contribution in [0.25, 0.3) is 0 Å². The predicted octanol–water partition coefficient (Wildman–Crippen LogP) is 1.43. The van der Waals surface area contributed by atoms with E-state index in [1.54, 1.807) is 40.7 Å². The van der Waals surface area contributed by atoms with Crippen LogP contribution in [0.5, 0.6) is 0 Å². The first kappa shape index (κ1) is 29.8. The molecule has 2 aliphatic rings. The fraction of sp³-hybridized carbons (Fsp3) is 0.625. The van der Waals surface area contributed by atoms with Crippen LogP contribution in [0.15, 0.2) is 23.9 Å². The van der Waals surface area contributed by atoms with Crippen LogP contribution >= 0.6 is 21.6 Å². The van der Waals surface area contributed by atoms with Crippen molar-refractivity contribution in [1.82, 2.24) is 21.3 Å². The summed E-state index contributed by atoms with van der Waals surface area (Å²) in [7, 11) is 2.95. The molecule has 1 fully saturated rings. The van der Waals surface area contributed by atoms with Gasteiger partial charge in [0.15, 0.2) is 0 Å². The van der Waals surface area contributed by atoms with Crippen molar-refractivity contribution in [1.29, 1.82) is 0 Å². The molecule has 0 aromatic carbocycles. The highest BCUT2D eigenvalue weighted by Crippen LogP contribution is 2.24. The standard InChI is InChI=1S/C24H36N4O6S2/c1-6-16-21(30)28-20(14(4)5)24(33)34-15-9-7-8-10-35-36-12-17(22(31)25-16)26-23(32)19(13(2)3)27-18(29)11-15/h6-7,9,13-15,17,19-20H,8,10-12H2,1-5H3,(H,25,31)(H,26,32)(H,27,29)(H,28,30)/b9-7+,16-6?/t15-,17?,19?,20?/m1/s1. The van der Waals surface area contributed by atoms with Crippen LogP contribution in [0, 0.1) is 11.8 Å². The summed E-state index contributed by atoms with van der Waals surface area (Å²) in [6.45, 7) is 8.66. The zero-order chi connectivity index (χ0) is 26.8. The van der Waals surface area contributed by atoms with E-state index in [1.807, 2.05) is 6.08 Å². The second-order valence-electron chi connectivity index (χ2n) is 9.24. The molecule has 1 saturated heterocycles. The molecule has 3 unspecified atom stereocenters. The van der Waals surface area contributed by atoms with Gasteiger partial charge in [-0.2, -0.15) is 0 Å². The van der Waals surface area contributed by atoms with Crippen LogP contribution in [0.4, 0.5) is 0 Å². The van der Waals surface area contributed by atoms with Gasteiger partial charge < -0.3 is 26.0 Å². The number of amides is 4. The van der Waals surface area contributed by atoms with Crippen molar-refractivity contribution < 1.29 is 28.7 Å². The molecule has 200 valence electrons. The van der Waals surface area contributed by atoms with E-state index in [0.29, 0.717) is 12.2 Å². The maximum Gasteiger partial charge on any atom is 0.329 e. The van der Waals surface area contributed by atoms with Crippen molar-refractivity contribution in [3.63, 3.8) is 0 Å². The SMILES string of the molecule is CC=C1NC(=O)C2CSSCC/C=C/[C@H](CC(=O)NC(C(C)C)C(=O)N2)OC(=O)C(C(C)C)NC1=O. The number of allylic oxidation sites excluding steroid dienone is 2. The summed E-state index contributed by atoms with van der Waals surface area (Å²) < 4.78 is 5.65. The van der Waals surface area contributed by atoms with Crippen molar-refractivity contribution >= 4 is 51.2 Å². The van der Waals surface area contributed by atoms with Gasteiger partial charge in [-0.15, -0.1) is 0 Å². The second-order valence-corrected chi connectivity index (χ2v) is 11.9. The maximum absolute atomic E-state index is 13.2. The van der Waals surface area contributed by atoms with Gasteiger partial charge in [0.2, 0.25) is 17.7 Å². The van der Waals surface area contributed by atoms with E-state index in [2.05, 4.69) is 21.3 Å². The molecule has 36 heavy (non-hydrogen) atoms. The number of esters is 1. The van der Waals surface area contributed by atoms with Crippen molar-refractivity contribution in [2.75, 3.05) is 11.5 Å². The molecule has 0 radical (unpaired) electrons. The molecule has 2 aliphatic heterocycles. The lowest BCUT2D eigenvalue weighted by Crippen LogP contribution is -2.57. The quantitative estimate of drug-likeness (QED) is 0.178. The third-order valence-corrected chi connectivity index (χ3v) is 8.03. The Hall–Kier alpha value is -2.47. The number of nitrogens with one attached hydrogen (secondary N) is 4. The molecular formula is C24H36N4O6S2. The van der Waals surface area contributed by atoms with Gasteiger partial charge in [0, 0.05) is 11.5 Å². The Morgan fingerprint density at radius 2 is 1.64 bits per heavy atom. The average molecular weight is 541 g/mol. The fourth-order valence-corrected chi connectivity index (χ4v) is 5.66. The lowest BCUT2D eigenvalue weighted by atomic mass is 10.0. The Bertz CT molecular complexity index is 905. The summed E-state index contributed by atoms with van der Waals surface area (Å²) >= 11 is 0. The van der Waals surface area contributed by atoms with Gasteiger partial charge in [0.25, 0.3) is 5.91 Å². The Kier molecular flexibility index (Phi) is 11.8. The molecule has 0 saturated carbocycles. The molecule has 0 aromatic rings. The van der Waals surface area contributed by atoms with Gasteiger partial charge in [-0.25, -0.2) is 4.79 Å². The van der Waals surface area contributed by atoms with Crippen molar-refractivity contribution in [3.8, 4) is 0 Å². The number of hydrogen-bond donors (Lipinski definition) is 4. The monoisotopic (exact) mass is 540 g/mol. The molecule has 4 atom stereocenters. The minimum atomic E-state index is -1.00. The van der Waals surface area contributed by atoms with Gasteiger partial charge in [-0.3, -0.25) is 19.2 Å². The summed E-state index contributed by atoms with van der Waals surface area (Å²) in [6.07, 6.45) is 4.51. The zero-order valence-electron chi connectivity index (χ0n) is 21.3. The van der Waals surface area contributed by atoms with Crippen molar-refractivity contribution in [2.45, 2.75) is 71.7 Å². The minimum Gasteiger partial charge on any atom is -0.456 e. The van der Waals surface area contributed by atoms with Crippen molar-refractivity contribution in [3.05, 3.63) is 23.9 Å². The van der Waals surface area contributed by atoms with Crippen LogP contribution in [0.1, 0.15) is 47.5 Å². The number of carbonyl (C=O) groups is 5. The van der Waals surface area contributed by atoms with E-state index in [0.717, 1.165) is 0 Å². The van der Waals surface area contributed by atoms with Gasteiger partial charge >= 0.3 is 5.97 Å². The highest BCUT2D eigenvalue weighted by atomic mass is 33.1. The molecule has 4 N–H and O–H groups in total. The molecule has 0 aliphatic carbocycles. The largest absolute Gasteiger partial charge is 0.456 e. The van der Waals surface area contributed by atoms with Crippen LogP contribution in [-0.4, -0.2) is 65.3 Å². The smallest absolute Gasteiger partial charge is 0.329 e. The van der Waals surface area contributed by atoms with Crippen LogP contribution in [0.2, 0.25) is 0 Å². The van der Waals surface area contributed by atoms with E-state index in [9.17, 15) is 24.0 Å². The third-order valence-electron chi connectivity index (χ3n) is 5.59. The molecule has 0 aromatic heterocycles. The predicted molar refractivity (Wildman–Crippen MR) is 141 cm³/mol. The first-order valence-electron chi connectivity index (χ1n) is 12.0. The number of ether oxygens (including phenoxy) is 1. The highest BCUT2D eigenvalue weighted by Gasteiger charge is 2.33. The van der Waals surface area contributed by atoms with Gasteiger partial charge in [-0.05, 0) is 31.3 Å². The van der Waals surface area contributed by atoms with Crippen molar-refractivity contribution in [2.24, 2.45) is 11.8 Å². The van der Waals surface area contributed by atoms with E-state index in [-0.39, 0.29) is 29.7 Å². The lowest BCUT2D eigenvalue weighted by molar-refractivity contribution is -0.153. The van der Waals surface area contributed by atoms with Gasteiger partial charge in [-0.1, -0.05) is 61.4 Å². The number of rotatable bonds is 2. The van der Waals surface area contributed by atoms with E-state index in [4.69, 9.17) is 4.74 Å². The Morgan fingerprint density at radius 1 is 0.944 bits per heavy atom. The van der Waals surface area contributed by atoms with Gasteiger partial charge in [0.05, 0.1) is 6.42 Å². The highest BCUT2D eigenvalue weighted by molar-refractivity contribution is 8.76. The summed E-state index contributed by atoms with van der Waals surface area (Å²) in [5.41, 5.74) is -0.0445. The lowest BCUT2D eigenvalue weighted by Gasteiger charge is -2.27. The molecule has 0 spiro atoms. The minimum absolute atomic E-state index is 0.0445. The second kappa shape index (κ2) is 14.3. The molecule has 10 nitrogen and oxygen atoms in total. The molecule has 4 amide bonds. The van der Waals surface area contributed by atoms with Gasteiger partial charge in [0.1, 0.15) is 29.9 Å². The molecule has 2 rings (SSSR count). The third kappa shape index (κ3) is 8.88. The molecule has 12 heteroatoms. The first-order chi connectivity index (χ1) is 17.0. The van der Waals surface area contributed by atoms with Crippen LogP contribution < -0.4 is 21.3 Å². The normalized spacial score (nSPS) is 29.6. The summed E-state index contributed by atoms with van der Waals surface area (Å²) in [4.78, 5) is 65.2. The Balaban J connectivity index is 2.55. The van der Waals surface area contributed by atoms with E-state index < -0.39 is 53.8 Å². The summed E-state index contributed by atoms with van der Waals surface area (Å²) in [5, 5.41) is 10.7. The molecule has 2 bridgehead atoms. The Labute approximate surface area is 220 Å². The average Bonchev–Trinajstić information content (AvgIpc) is 2.81. The number of fused-ring (bicyclic) bond motifs is 7. The zero-order valence-corrected chi connectivity index (χ0v) is 22.9. The van der Waals surface area contributed by atoms with E-state index in [1.165, 1.54) is 27.7 Å². The Morgan fingerprint density at radius 3 is 2.28 bits per heavy atom. The molecule has 2 heterocycles. The summed E-state index contributed by atoms with van der Waals surface area (Å²) in [5.74, 6) is -2.54. The fourth-order valence-electron chi connectivity index (χ4n) is 3.50.